The smallest absolute Gasteiger partial charge is 0.436 e. The molecule has 3 aromatic carbocycles. The predicted octanol–water partition coefficient (Wildman–Crippen LogP) is 1.12. The molecule has 1 aliphatic rings. The second-order valence-electron chi connectivity index (χ2n) is 7.42. The number of rotatable bonds is 4. The van der Waals surface area contributed by atoms with Crippen LogP contribution in [0.4, 0.5) is 10.2 Å². The SMILES string of the molecule is CCn1c(C)c2ccccc2c1/N=C1/N=c2ccccc2=[N+]1Cc1ccc(F)cc1.[Br-]. The zero-order valence-electron chi connectivity index (χ0n) is 17.4. The quantitative estimate of drug-likeness (QED) is 0.395. The van der Waals surface area contributed by atoms with Gasteiger partial charge in [0.15, 0.2) is 5.36 Å². The Balaban J connectivity index is 0.00000231. The average Bonchev–Trinajstić information content (AvgIpc) is 3.25. The average molecular weight is 477 g/mol. The number of hydrogen-bond donors (Lipinski definition) is 0. The first-order valence-electron chi connectivity index (χ1n) is 10.1. The lowest BCUT2D eigenvalue weighted by molar-refractivity contribution is -0.00000681. The molecule has 31 heavy (non-hydrogen) atoms. The van der Waals surface area contributed by atoms with Crippen molar-refractivity contribution in [3.8, 4) is 0 Å². The van der Waals surface area contributed by atoms with Gasteiger partial charge in [-0.2, -0.15) is 0 Å². The third-order valence-corrected chi connectivity index (χ3v) is 5.63. The minimum absolute atomic E-state index is 0. The number of guanidine groups is 1. The summed E-state index contributed by atoms with van der Waals surface area (Å²) in [6.07, 6.45) is 0. The second-order valence-corrected chi connectivity index (χ2v) is 7.42. The van der Waals surface area contributed by atoms with Crippen molar-refractivity contribution in [3.63, 3.8) is 0 Å². The first-order valence-corrected chi connectivity index (χ1v) is 10.1. The van der Waals surface area contributed by atoms with Crippen molar-refractivity contribution in [3.05, 3.63) is 101 Å². The highest BCUT2D eigenvalue weighted by Crippen LogP contribution is 2.32. The van der Waals surface area contributed by atoms with Gasteiger partial charge in [0.05, 0.1) is 6.54 Å². The number of fused-ring (bicyclic) bond motifs is 2. The molecule has 0 saturated carbocycles. The van der Waals surface area contributed by atoms with Gasteiger partial charge in [-0.25, -0.2) is 8.97 Å². The molecular weight excluding hydrogens is 455 g/mol. The second kappa shape index (κ2) is 8.55. The lowest BCUT2D eigenvalue weighted by Gasteiger charge is -2.04. The maximum Gasteiger partial charge on any atom is 0.436 e. The van der Waals surface area contributed by atoms with Crippen LogP contribution in [-0.4, -0.2) is 10.5 Å². The predicted molar refractivity (Wildman–Crippen MR) is 118 cm³/mol. The van der Waals surface area contributed by atoms with Gasteiger partial charge in [0, 0.05) is 23.0 Å². The molecule has 0 atom stereocenters. The number of benzene rings is 3. The molecule has 0 spiro atoms. The van der Waals surface area contributed by atoms with Crippen LogP contribution in [0.25, 0.3) is 10.8 Å². The van der Waals surface area contributed by atoms with Crippen molar-refractivity contribution in [2.24, 2.45) is 9.98 Å². The molecule has 1 aliphatic heterocycles. The van der Waals surface area contributed by atoms with Crippen molar-refractivity contribution < 1.29 is 21.4 Å². The lowest BCUT2D eigenvalue weighted by atomic mass is 10.2. The summed E-state index contributed by atoms with van der Waals surface area (Å²) in [5.41, 5.74) is 2.20. The standard InChI is InChI=1S/C25H22FN4.BrH/c1-3-29-17(2)20-8-4-5-9-21(20)24(29)28-25-27-22-10-6-7-11-23(22)30(25)16-18-12-14-19(26)15-13-18;/h4-15H,3,16H2,1-2H3;1H/q+1;/p-1. The van der Waals surface area contributed by atoms with Crippen molar-refractivity contribution in [1.29, 1.82) is 0 Å². The van der Waals surface area contributed by atoms with Crippen LogP contribution in [-0.2, 0) is 13.1 Å². The zero-order chi connectivity index (χ0) is 20.7. The molecule has 6 heteroatoms. The van der Waals surface area contributed by atoms with Crippen LogP contribution in [0, 0.1) is 12.7 Å². The molecule has 0 unspecified atom stereocenters. The van der Waals surface area contributed by atoms with Crippen LogP contribution in [0.3, 0.4) is 0 Å². The van der Waals surface area contributed by atoms with E-state index < -0.39 is 0 Å². The van der Waals surface area contributed by atoms with Gasteiger partial charge in [-0.05, 0) is 54.7 Å². The number of aryl methyl sites for hydroxylation is 1. The third-order valence-electron chi connectivity index (χ3n) is 5.63. The molecular formula is C25H22BrFN4. The molecule has 0 amide bonds. The Kier molecular flexibility index (Phi) is 5.83. The fraction of sp³-hybridized carbons (Fsp3) is 0.160. The molecule has 5 rings (SSSR count). The number of halogens is 2. The van der Waals surface area contributed by atoms with E-state index in [9.17, 15) is 4.39 Å². The van der Waals surface area contributed by atoms with Crippen LogP contribution in [0.5, 0.6) is 0 Å². The van der Waals surface area contributed by atoms with Crippen LogP contribution in [0.1, 0.15) is 18.2 Å². The number of aromatic nitrogens is 1. The Morgan fingerprint density at radius 2 is 1.61 bits per heavy atom. The molecule has 0 radical (unpaired) electrons. The van der Waals surface area contributed by atoms with Gasteiger partial charge in [-0.1, -0.05) is 47.5 Å². The molecule has 1 aromatic heterocycles. The molecule has 0 aliphatic carbocycles. The van der Waals surface area contributed by atoms with Gasteiger partial charge in [0.25, 0.3) is 0 Å². The summed E-state index contributed by atoms with van der Waals surface area (Å²) < 4.78 is 17.7. The summed E-state index contributed by atoms with van der Waals surface area (Å²) in [6, 6.07) is 23.0. The monoisotopic (exact) mass is 476 g/mol. The van der Waals surface area contributed by atoms with Crippen molar-refractivity contribution in [2.45, 2.75) is 26.9 Å². The third kappa shape index (κ3) is 3.72. The van der Waals surface area contributed by atoms with Gasteiger partial charge < -0.3 is 21.5 Å². The summed E-state index contributed by atoms with van der Waals surface area (Å²) in [5, 5.41) is 4.24. The minimum Gasteiger partial charge on any atom is -1.00 e. The zero-order valence-corrected chi connectivity index (χ0v) is 19.0. The molecule has 0 saturated heterocycles. The summed E-state index contributed by atoms with van der Waals surface area (Å²) >= 11 is 0. The number of aliphatic imine (C=N–C) groups is 1. The van der Waals surface area contributed by atoms with Crippen LogP contribution in [0.15, 0.2) is 82.8 Å². The van der Waals surface area contributed by atoms with Gasteiger partial charge in [0.1, 0.15) is 11.2 Å². The minimum atomic E-state index is -0.234. The maximum absolute atomic E-state index is 13.4. The first kappa shape index (κ1) is 21.1. The summed E-state index contributed by atoms with van der Waals surface area (Å²) in [4.78, 5) is 9.87. The molecule has 4 nitrogen and oxygen atoms in total. The Morgan fingerprint density at radius 1 is 0.935 bits per heavy atom. The van der Waals surface area contributed by atoms with Crippen molar-refractivity contribution >= 4 is 22.5 Å². The van der Waals surface area contributed by atoms with Crippen LogP contribution < -0.4 is 32.3 Å². The highest BCUT2D eigenvalue weighted by molar-refractivity contribution is 5.98. The van der Waals surface area contributed by atoms with Gasteiger partial charge in [0.2, 0.25) is 5.82 Å². The first-order chi connectivity index (χ1) is 14.7. The topological polar surface area (TPSA) is 32.7 Å². The van der Waals surface area contributed by atoms with Crippen LogP contribution in [0.2, 0.25) is 0 Å². The molecule has 0 N–H and O–H groups in total. The van der Waals surface area contributed by atoms with Gasteiger partial charge in [-0.15, -0.1) is 0 Å². The molecule has 0 bridgehead atoms. The molecule has 4 aromatic rings. The number of hydrogen-bond acceptors (Lipinski definition) is 1. The van der Waals surface area contributed by atoms with E-state index in [1.807, 2.05) is 42.5 Å². The van der Waals surface area contributed by atoms with E-state index in [1.165, 1.54) is 23.2 Å². The van der Waals surface area contributed by atoms with E-state index in [2.05, 4.69) is 41.2 Å². The van der Waals surface area contributed by atoms with Crippen molar-refractivity contribution in [2.75, 3.05) is 0 Å². The van der Waals surface area contributed by atoms with Gasteiger partial charge >= 0.3 is 5.96 Å². The normalized spacial score (nSPS) is 13.9. The molecule has 0 fully saturated rings. The summed E-state index contributed by atoms with van der Waals surface area (Å²) in [7, 11) is 0. The number of para-hydroxylation sites is 2. The van der Waals surface area contributed by atoms with Crippen LogP contribution >= 0.6 is 0 Å². The van der Waals surface area contributed by atoms with Gasteiger partial charge in [-0.3, -0.25) is 0 Å². The van der Waals surface area contributed by atoms with E-state index in [0.29, 0.717) is 12.5 Å². The Morgan fingerprint density at radius 3 is 2.35 bits per heavy atom. The van der Waals surface area contributed by atoms with Crippen molar-refractivity contribution in [1.82, 2.24) is 9.14 Å². The van der Waals surface area contributed by atoms with E-state index in [1.54, 1.807) is 0 Å². The molecule has 156 valence electrons. The molecule has 2 heterocycles. The Labute approximate surface area is 190 Å². The van der Waals surface area contributed by atoms with E-state index in [0.717, 1.165) is 34.0 Å². The maximum atomic E-state index is 13.4. The highest BCUT2D eigenvalue weighted by atomic mass is 79.9. The highest BCUT2D eigenvalue weighted by Gasteiger charge is 2.25. The summed E-state index contributed by atoms with van der Waals surface area (Å²) in [5.74, 6) is 1.33. The lowest BCUT2D eigenvalue weighted by Crippen LogP contribution is -3.00. The fourth-order valence-corrected chi connectivity index (χ4v) is 4.12. The Hall–Kier alpha value is -3.12. The van der Waals surface area contributed by atoms with E-state index in [4.69, 9.17) is 9.98 Å². The fourth-order valence-electron chi connectivity index (χ4n) is 4.12. The largest absolute Gasteiger partial charge is 1.00 e. The van der Waals surface area contributed by atoms with E-state index >= 15 is 0 Å². The van der Waals surface area contributed by atoms with E-state index in [-0.39, 0.29) is 22.8 Å². The Bertz CT molecular complexity index is 1420. The summed E-state index contributed by atoms with van der Waals surface area (Å²) in [6.45, 7) is 5.67. The number of nitrogens with zero attached hydrogens (tertiary/aromatic N) is 4.